The second kappa shape index (κ2) is 6.21. The first-order chi connectivity index (χ1) is 9.14. The van der Waals surface area contributed by atoms with Crippen LogP contribution in [0.15, 0.2) is 24.3 Å². The van der Waals surface area contributed by atoms with Crippen LogP contribution in [0.2, 0.25) is 0 Å². The number of piperidine rings is 1. The molecule has 0 aliphatic carbocycles. The van der Waals surface area contributed by atoms with Crippen LogP contribution in [0.3, 0.4) is 0 Å². The van der Waals surface area contributed by atoms with E-state index >= 15 is 0 Å². The maximum atomic E-state index is 9.57. The standard InChI is InChI=1S/C17H24N2/c1-15-6-8-16(9-7-15)10-11-17(2,14-18)19-12-4-3-5-13-19/h6-9H,3-5,10-13H2,1-2H3. The monoisotopic (exact) mass is 256 g/mol. The van der Waals surface area contributed by atoms with Crippen LogP contribution in [-0.4, -0.2) is 23.5 Å². The summed E-state index contributed by atoms with van der Waals surface area (Å²) in [6.07, 6.45) is 5.70. The average molecular weight is 256 g/mol. The van der Waals surface area contributed by atoms with Gasteiger partial charge < -0.3 is 0 Å². The zero-order valence-electron chi connectivity index (χ0n) is 12.2. The summed E-state index contributed by atoms with van der Waals surface area (Å²) in [5.74, 6) is 0. The van der Waals surface area contributed by atoms with Crippen LogP contribution < -0.4 is 0 Å². The van der Waals surface area contributed by atoms with E-state index in [0.717, 1.165) is 25.9 Å². The van der Waals surface area contributed by atoms with Gasteiger partial charge >= 0.3 is 0 Å². The molecule has 2 nitrogen and oxygen atoms in total. The van der Waals surface area contributed by atoms with Crippen molar-refractivity contribution in [3.63, 3.8) is 0 Å². The van der Waals surface area contributed by atoms with Crippen molar-refractivity contribution in [3.8, 4) is 6.07 Å². The summed E-state index contributed by atoms with van der Waals surface area (Å²) in [7, 11) is 0. The predicted octanol–water partition coefficient (Wildman–Crippen LogP) is 3.70. The van der Waals surface area contributed by atoms with E-state index < -0.39 is 0 Å². The molecule has 0 saturated carbocycles. The van der Waals surface area contributed by atoms with E-state index in [-0.39, 0.29) is 5.54 Å². The second-order valence-corrected chi connectivity index (χ2v) is 5.92. The van der Waals surface area contributed by atoms with Gasteiger partial charge in [-0.2, -0.15) is 5.26 Å². The van der Waals surface area contributed by atoms with Crippen LogP contribution in [0.5, 0.6) is 0 Å². The van der Waals surface area contributed by atoms with Gasteiger partial charge in [0.15, 0.2) is 0 Å². The largest absolute Gasteiger partial charge is 0.286 e. The van der Waals surface area contributed by atoms with Crippen molar-refractivity contribution in [2.75, 3.05) is 13.1 Å². The Morgan fingerprint density at radius 1 is 1.16 bits per heavy atom. The van der Waals surface area contributed by atoms with Crippen molar-refractivity contribution in [3.05, 3.63) is 35.4 Å². The van der Waals surface area contributed by atoms with Crippen molar-refractivity contribution >= 4 is 0 Å². The van der Waals surface area contributed by atoms with E-state index in [1.807, 2.05) is 0 Å². The molecule has 1 unspecified atom stereocenters. The van der Waals surface area contributed by atoms with Crippen LogP contribution >= 0.6 is 0 Å². The third-order valence-corrected chi connectivity index (χ3v) is 4.32. The smallest absolute Gasteiger partial charge is 0.106 e. The van der Waals surface area contributed by atoms with E-state index in [1.54, 1.807) is 0 Å². The number of nitriles is 1. The van der Waals surface area contributed by atoms with Crippen molar-refractivity contribution in [2.24, 2.45) is 0 Å². The van der Waals surface area contributed by atoms with Crippen molar-refractivity contribution in [2.45, 2.75) is 51.5 Å². The summed E-state index contributed by atoms with van der Waals surface area (Å²) < 4.78 is 0. The first-order valence-corrected chi connectivity index (χ1v) is 7.36. The molecule has 2 rings (SSSR count). The van der Waals surface area contributed by atoms with E-state index in [1.165, 1.54) is 30.4 Å². The van der Waals surface area contributed by atoms with Gasteiger partial charge in [-0.15, -0.1) is 0 Å². The molecule has 1 heterocycles. The molecule has 1 aliphatic heterocycles. The van der Waals surface area contributed by atoms with Gasteiger partial charge in [0, 0.05) is 0 Å². The molecule has 0 radical (unpaired) electrons. The van der Waals surface area contributed by atoms with Gasteiger partial charge in [-0.1, -0.05) is 36.2 Å². The van der Waals surface area contributed by atoms with Gasteiger partial charge in [-0.05, 0) is 58.2 Å². The summed E-state index contributed by atoms with van der Waals surface area (Å²) in [6, 6.07) is 11.2. The summed E-state index contributed by atoms with van der Waals surface area (Å²) >= 11 is 0. The summed E-state index contributed by atoms with van der Waals surface area (Å²) in [4.78, 5) is 2.38. The molecule has 0 amide bonds. The lowest BCUT2D eigenvalue weighted by molar-refractivity contribution is 0.117. The molecule has 1 atom stereocenters. The Balaban J connectivity index is 1.98. The van der Waals surface area contributed by atoms with Gasteiger partial charge in [-0.25, -0.2) is 0 Å². The molecule has 1 saturated heterocycles. The highest BCUT2D eigenvalue weighted by atomic mass is 15.2. The molecule has 19 heavy (non-hydrogen) atoms. The molecule has 1 fully saturated rings. The van der Waals surface area contributed by atoms with Gasteiger partial charge in [0.1, 0.15) is 5.54 Å². The van der Waals surface area contributed by atoms with Gasteiger partial charge in [-0.3, -0.25) is 4.90 Å². The van der Waals surface area contributed by atoms with Crippen LogP contribution in [0, 0.1) is 18.3 Å². The lowest BCUT2D eigenvalue weighted by Gasteiger charge is -2.38. The highest BCUT2D eigenvalue weighted by Crippen LogP contribution is 2.25. The van der Waals surface area contributed by atoms with E-state index in [0.29, 0.717) is 0 Å². The van der Waals surface area contributed by atoms with E-state index in [4.69, 9.17) is 0 Å². The number of hydrogen-bond donors (Lipinski definition) is 0. The molecule has 1 aromatic carbocycles. The Morgan fingerprint density at radius 3 is 2.37 bits per heavy atom. The minimum Gasteiger partial charge on any atom is -0.286 e. The minimum atomic E-state index is -0.300. The predicted molar refractivity (Wildman–Crippen MR) is 78.9 cm³/mol. The normalized spacial score (nSPS) is 19.6. The zero-order chi connectivity index (χ0) is 13.7. The fourth-order valence-electron chi connectivity index (χ4n) is 2.81. The summed E-state index contributed by atoms with van der Waals surface area (Å²) in [6.45, 7) is 6.37. The highest BCUT2D eigenvalue weighted by Gasteiger charge is 2.32. The number of rotatable bonds is 4. The van der Waals surface area contributed by atoms with Crippen LogP contribution in [0.1, 0.15) is 43.7 Å². The lowest BCUT2D eigenvalue weighted by Crippen LogP contribution is -2.48. The molecule has 0 bridgehead atoms. The molecule has 0 N–H and O–H groups in total. The van der Waals surface area contributed by atoms with E-state index in [2.05, 4.69) is 49.1 Å². The Morgan fingerprint density at radius 2 is 1.79 bits per heavy atom. The summed E-state index contributed by atoms with van der Waals surface area (Å²) in [5.41, 5.74) is 2.33. The zero-order valence-corrected chi connectivity index (χ0v) is 12.2. The van der Waals surface area contributed by atoms with Crippen molar-refractivity contribution < 1.29 is 0 Å². The molecule has 0 aromatic heterocycles. The molecular weight excluding hydrogens is 232 g/mol. The third-order valence-electron chi connectivity index (χ3n) is 4.32. The Labute approximate surface area is 117 Å². The highest BCUT2D eigenvalue weighted by molar-refractivity contribution is 5.22. The molecule has 1 aliphatic rings. The van der Waals surface area contributed by atoms with Gasteiger partial charge in [0.2, 0.25) is 0 Å². The Kier molecular flexibility index (Phi) is 4.61. The molecule has 0 spiro atoms. The SMILES string of the molecule is Cc1ccc(CCC(C)(C#N)N2CCCCC2)cc1. The number of hydrogen-bond acceptors (Lipinski definition) is 2. The topological polar surface area (TPSA) is 27.0 Å². The van der Waals surface area contributed by atoms with Crippen molar-refractivity contribution in [1.29, 1.82) is 5.26 Å². The number of benzene rings is 1. The Hall–Kier alpha value is -1.33. The first-order valence-electron chi connectivity index (χ1n) is 7.36. The fraction of sp³-hybridized carbons (Fsp3) is 0.588. The molecule has 2 heteroatoms. The maximum absolute atomic E-state index is 9.57. The van der Waals surface area contributed by atoms with E-state index in [9.17, 15) is 5.26 Å². The number of nitrogens with zero attached hydrogens (tertiary/aromatic N) is 2. The number of aryl methyl sites for hydroxylation is 2. The molecule has 1 aromatic rings. The van der Waals surface area contributed by atoms with Crippen LogP contribution in [0.4, 0.5) is 0 Å². The van der Waals surface area contributed by atoms with Crippen LogP contribution in [-0.2, 0) is 6.42 Å². The van der Waals surface area contributed by atoms with Crippen molar-refractivity contribution in [1.82, 2.24) is 4.90 Å². The second-order valence-electron chi connectivity index (χ2n) is 5.92. The maximum Gasteiger partial charge on any atom is 0.106 e. The minimum absolute atomic E-state index is 0.300. The van der Waals surface area contributed by atoms with Gasteiger partial charge in [0.05, 0.1) is 6.07 Å². The molecular formula is C17H24N2. The van der Waals surface area contributed by atoms with Gasteiger partial charge in [0.25, 0.3) is 0 Å². The lowest BCUT2D eigenvalue weighted by atomic mass is 9.90. The Bertz CT molecular complexity index is 437. The summed E-state index contributed by atoms with van der Waals surface area (Å²) in [5, 5.41) is 9.57. The first kappa shape index (κ1) is 14.1. The quantitative estimate of drug-likeness (QED) is 0.821. The fourth-order valence-corrected chi connectivity index (χ4v) is 2.81. The third kappa shape index (κ3) is 3.58. The molecule has 102 valence electrons. The van der Waals surface area contributed by atoms with Crippen LogP contribution in [0.25, 0.3) is 0 Å². The number of likely N-dealkylation sites (tertiary alicyclic amines) is 1. The average Bonchev–Trinajstić information content (AvgIpc) is 2.47.